The minimum atomic E-state index is -3.50. The Kier molecular flexibility index (Phi) is 6.69. The van der Waals surface area contributed by atoms with Gasteiger partial charge in [-0.15, -0.1) is 11.3 Å². The van der Waals surface area contributed by atoms with Gasteiger partial charge in [0.1, 0.15) is 5.75 Å². The summed E-state index contributed by atoms with van der Waals surface area (Å²) in [5.74, 6) is 0.485. The molecule has 29 heavy (non-hydrogen) atoms. The second kappa shape index (κ2) is 8.73. The van der Waals surface area contributed by atoms with Crippen LogP contribution >= 0.6 is 11.3 Å². The normalized spacial score (nSPS) is 16.8. The van der Waals surface area contributed by atoms with Crippen molar-refractivity contribution in [2.75, 3.05) is 45.6 Å². The summed E-state index contributed by atoms with van der Waals surface area (Å²) in [5.41, 5.74) is 0. The van der Waals surface area contributed by atoms with E-state index in [0.717, 1.165) is 9.75 Å². The highest BCUT2D eigenvalue weighted by Gasteiger charge is 2.31. The summed E-state index contributed by atoms with van der Waals surface area (Å²) in [5, 5.41) is 0. The van der Waals surface area contributed by atoms with Gasteiger partial charge in [-0.2, -0.15) is 4.31 Å². The van der Waals surface area contributed by atoms with Gasteiger partial charge in [-0.25, -0.2) is 16.8 Å². The molecule has 1 fully saturated rings. The molecule has 0 bridgehead atoms. The minimum Gasteiger partial charge on any atom is -0.497 e. The predicted octanol–water partition coefficient (Wildman–Crippen LogP) is 2.15. The second-order valence-corrected chi connectivity index (χ2v) is 12.5. The first-order chi connectivity index (χ1) is 13.6. The maximum absolute atomic E-state index is 12.9. The molecule has 0 atom stereocenters. The zero-order valence-corrected chi connectivity index (χ0v) is 19.2. The van der Waals surface area contributed by atoms with Gasteiger partial charge in [-0.1, -0.05) is 6.07 Å². The molecule has 0 radical (unpaired) electrons. The Morgan fingerprint density at radius 2 is 1.72 bits per heavy atom. The molecule has 0 spiro atoms. The summed E-state index contributed by atoms with van der Waals surface area (Å²) >= 11 is 1.48. The van der Waals surface area contributed by atoms with Gasteiger partial charge in [-0.3, -0.25) is 4.90 Å². The molecular formula is C19H26N2O5S3. The van der Waals surface area contributed by atoms with Crippen LogP contribution in [-0.2, 0) is 19.9 Å². The first-order valence-corrected chi connectivity index (χ1v) is 13.2. The zero-order valence-electron chi connectivity index (χ0n) is 16.8. The van der Waals surface area contributed by atoms with Gasteiger partial charge in [0, 0.05) is 42.5 Å². The van der Waals surface area contributed by atoms with Gasteiger partial charge in [0.05, 0.1) is 22.7 Å². The van der Waals surface area contributed by atoms with Crippen molar-refractivity contribution in [3.8, 4) is 5.75 Å². The van der Waals surface area contributed by atoms with Crippen LogP contribution in [0.15, 0.2) is 40.1 Å². The van der Waals surface area contributed by atoms with Gasteiger partial charge in [0.25, 0.3) is 0 Å². The van der Waals surface area contributed by atoms with Crippen LogP contribution in [0.25, 0.3) is 0 Å². The number of hydrogen-bond donors (Lipinski definition) is 0. The molecule has 1 aromatic heterocycles. The quantitative estimate of drug-likeness (QED) is 0.632. The molecule has 10 heteroatoms. The number of hydrogen-bond acceptors (Lipinski definition) is 7. The van der Waals surface area contributed by atoms with Crippen molar-refractivity contribution in [2.45, 2.75) is 23.6 Å². The van der Waals surface area contributed by atoms with Crippen molar-refractivity contribution in [3.63, 3.8) is 0 Å². The third-order valence-electron chi connectivity index (χ3n) is 5.02. The molecule has 1 aliphatic heterocycles. The molecule has 2 heterocycles. The first-order valence-electron chi connectivity index (χ1n) is 9.30. The van der Waals surface area contributed by atoms with Gasteiger partial charge < -0.3 is 4.74 Å². The predicted molar refractivity (Wildman–Crippen MR) is 114 cm³/mol. The second-order valence-electron chi connectivity index (χ2n) is 7.02. The van der Waals surface area contributed by atoms with E-state index < -0.39 is 19.9 Å². The number of piperazine rings is 1. The standard InChI is InChI=1S/C19H26N2O5S3/c1-15-13-19(16(2)27-15)29(24,25)21-9-7-20(8-10-21)11-12-28(22,23)18-6-4-5-17(14-18)26-3/h4-6,13-14H,7-12H2,1-3H3. The molecule has 3 rings (SSSR count). The number of ether oxygens (including phenoxy) is 1. The minimum absolute atomic E-state index is 0.0181. The van der Waals surface area contributed by atoms with Crippen LogP contribution < -0.4 is 4.74 Å². The highest BCUT2D eigenvalue weighted by molar-refractivity contribution is 7.91. The Labute approximate surface area is 176 Å². The van der Waals surface area contributed by atoms with E-state index in [4.69, 9.17) is 4.74 Å². The molecule has 2 aromatic rings. The molecule has 0 N–H and O–H groups in total. The van der Waals surface area contributed by atoms with Crippen molar-refractivity contribution in [1.82, 2.24) is 9.21 Å². The third kappa shape index (κ3) is 5.00. The lowest BCUT2D eigenvalue weighted by Gasteiger charge is -2.33. The number of sulfonamides is 1. The Hall–Kier alpha value is -1.46. The van der Waals surface area contributed by atoms with Crippen molar-refractivity contribution in [1.29, 1.82) is 0 Å². The zero-order chi connectivity index (χ0) is 21.2. The lowest BCUT2D eigenvalue weighted by molar-refractivity contribution is 0.197. The SMILES string of the molecule is COc1cccc(S(=O)(=O)CCN2CCN(S(=O)(=O)c3cc(C)sc3C)CC2)c1. The van der Waals surface area contributed by atoms with Crippen LogP contribution in [-0.4, -0.2) is 71.6 Å². The topological polar surface area (TPSA) is 84.0 Å². The summed E-state index contributed by atoms with van der Waals surface area (Å²) < 4.78 is 57.6. The fourth-order valence-corrected chi connectivity index (χ4v) is 7.62. The van der Waals surface area contributed by atoms with E-state index in [9.17, 15) is 16.8 Å². The van der Waals surface area contributed by atoms with E-state index in [1.807, 2.05) is 18.7 Å². The Morgan fingerprint density at radius 1 is 1.03 bits per heavy atom. The third-order valence-corrected chi connectivity index (χ3v) is 9.83. The van der Waals surface area contributed by atoms with Gasteiger partial charge in [0.15, 0.2) is 9.84 Å². The van der Waals surface area contributed by atoms with Crippen LogP contribution in [0.3, 0.4) is 0 Å². The fourth-order valence-electron chi connectivity index (χ4n) is 3.36. The Bertz CT molecular complexity index is 1070. The number of thiophene rings is 1. The number of nitrogens with zero attached hydrogens (tertiary/aromatic N) is 2. The summed E-state index contributed by atoms with van der Waals surface area (Å²) in [7, 11) is -5.44. The monoisotopic (exact) mass is 458 g/mol. The summed E-state index contributed by atoms with van der Waals surface area (Å²) in [6.07, 6.45) is 0. The van der Waals surface area contributed by atoms with Crippen molar-refractivity contribution >= 4 is 31.2 Å². The van der Waals surface area contributed by atoms with E-state index in [1.165, 1.54) is 28.8 Å². The number of aryl methyl sites for hydroxylation is 2. The van der Waals surface area contributed by atoms with Crippen LogP contribution in [0, 0.1) is 13.8 Å². The van der Waals surface area contributed by atoms with Gasteiger partial charge >= 0.3 is 0 Å². The van der Waals surface area contributed by atoms with Crippen LogP contribution in [0.1, 0.15) is 9.75 Å². The lowest BCUT2D eigenvalue weighted by atomic mass is 10.3. The number of sulfone groups is 1. The lowest BCUT2D eigenvalue weighted by Crippen LogP contribution is -2.49. The van der Waals surface area contributed by atoms with Crippen LogP contribution in [0.2, 0.25) is 0 Å². The molecule has 0 unspecified atom stereocenters. The highest BCUT2D eigenvalue weighted by Crippen LogP contribution is 2.28. The maximum Gasteiger partial charge on any atom is 0.244 e. The number of methoxy groups -OCH3 is 1. The van der Waals surface area contributed by atoms with E-state index in [-0.39, 0.29) is 10.6 Å². The Balaban J connectivity index is 1.59. The molecule has 1 saturated heterocycles. The molecule has 0 saturated carbocycles. The molecule has 0 amide bonds. The highest BCUT2D eigenvalue weighted by atomic mass is 32.2. The van der Waals surface area contributed by atoms with E-state index in [0.29, 0.717) is 43.4 Å². The van der Waals surface area contributed by atoms with Crippen LogP contribution in [0.4, 0.5) is 0 Å². The van der Waals surface area contributed by atoms with E-state index in [1.54, 1.807) is 24.3 Å². The Morgan fingerprint density at radius 3 is 2.31 bits per heavy atom. The molecule has 1 aromatic carbocycles. The summed E-state index contributed by atoms with van der Waals surface area (Å²) in [6.45, 7) is 5.82. The maximum atomic E-state index is 12.9. The van der Waals surface area contributed by atoms with Crippen molar-refractivity contribution in [3.05, 3.63) is 40.1 Å². The number of benzene rings is 1. The molecule has 0 aliphatic carbocycles. The van der Waals surface area contributed by atoms with Gasteiger partial charge in [0.2, 0.25) is 10.0 Å². The van der Waals surface area contributed by atoms with Crippen LogP contribution in [0.5, 0.6) is 5.75 Å². The summed E-state index contributed by atoms with van der Waals surface area (Å²) in [4.78, 5) is 4.39. The van der Waals surface area contributed by atoms with Crippen molar-refractivity contribution < 1.29 is 21.6 Å². The fraction of sp³-hybridized carbons (Fsp3) is 0.474. The largest absolute Gasteiger partial charge is 0.497 e. The average molecular weight is 459 g/mol. The summed E-state index contributed by atoms with van der Waals surface area (Å²) in [6, 6.07) is 8.17. The molecule has 7 nitrogen and oxygen atoms in total. The van der Waals surface area contributed by atoms with E-state index in [2.05, 4.69) is 0 Å². The van der Waals surface area contributed by atoms with E-state index >= 15 is 0 Å². The van der Waals surface area contributed by atoms with Gasteiger partial charge in [-0.05, 0) is 38.1 Å². The molecular weight excluding hydrogens is 432 g/mol. The van der Waals surface area contributed by atoms with Crippen molar-refractivity contribution in [2.24, 2.45) is 0 Å². The first kappa shape index (κ1) is 22.2. The average Bonchev–Trinajstić information content (AvgIpc) is 3.05. The smallest absolute Gasteiger partial charge is 0.244 e. The number of rotatable bonds is 7. The molecule has 1 aliphatic rings. The molecule has 160 valence electrons.